The zero-order valence-electron chi connectivity index (χ0n) is 12.9. The Kier molecular flexibility index (Phi) is 5.18. The van der Waals surface area contributed by atoms with Gasteiger partial charge < -0.3 is 0 Å². The molecule has 1 aromatic carbocycles. The number of hydrogen-bond donors (Lipinski definition) is 0. The Morgan fingerprint density at radius 3 is 2.36 bits per heavy atom. The van der Waals surface area contributed by atoms with Crippen LogP contribution in [0.25, 0.3) is 0 Å². The van der Waals surface area contributed by atoms with Crippen LogP contribution in [0, 0.1) is 10.1 Å². The zero-order chi connectivity index (χ0) is 16.3. The van der Waals surface area contributed by atoms with E-state index in [4.69, 9.17) is 0 Å². The van der Waals surface area contributed by atoms with E-state index < -0.39 is 14.8 Å². The smallest absolute Gasteiger partial charge is 0.269 e. The molecule has 2 unspecified atom stereocenters. The van der Waals surface area contributed by atoms with E-state index in [-0.39, 0.29) is 17.0 Å². The summed E-state index contributed by atoms with van der Waals surface area (Å²) in [5, 5.41) is 10.3. The highest BCUT2D eigenvalue weighted by Gasteiger charge is 2.35. The molecule has 0 heterocycles. The molecule has 0 amide bonds. The van der Waals surface area contributed by atoms with Crippen LogP contribution < -0.4 is 0 Å². The van der Waals surface area contributed by atoms with E-state index in [9.17, 15) is 18.5 Å². The fourth-order valence-corrected chi connectivity index (χ4v) is 4.72. The molecule has 0 bridgehead atoms. The van der Waals surface area contributed by atoms with Crippen molar-refractivity contribution in [1.82, 2.24) is 4.90 Å². The van der Waals surface area contributed by atoms with Gasteiger partial charge in [-0.05, 0) is 25.5 Å². The summed E-state index contributed by atoms with van der Waals surface area (Å²) >= 11 is 0. The quantitative estimate of drug-likeness (QED) is 0.613. The summed E-state index contributed by atoms with van der Waals surface area (Å²) < 4.78 is 23.9. The molecule has 1 fully saturated rings. The van der Waals surface area contributed by atoms with Gasteiger partial charge in [-0.1, -0.05) is 25.0 Å². The number of non-ortho nitro benzene ring substituents is 1. The predicted octanol–water partition coefficient (Wildman–Crippen LogP) is 2.38. The standard InChI is InChI=1S/C15H22N2O4S/c1-16(11-12-7-9-13(10-8-12)17(18)19)14-5-3-4-6-15(14)22(2,20)21/h7-10,14-15H,3-6,11H2,1-2H3. The third-order valence-corrected chi connectivity index (χ3v) is 6.01. The van der Waals surface area contributed by atoms with E-state index >= 15 is 0 Å². The van der Waals surface area contributed by atoms with Gasteiger partial charge in [0.15, 0.2) is 9.84 Å². The van der Waals surface area contributed by atoms with Gasteiger partial charge in [-0.3, -0.25) is 15.0 Å². The normalized spacial score (nSPS) is 22.7. The molecular formula is C15H22N2O4S. The first-order valence-electron chi connectivity index (χ1n) is 7.41. The third kappa shape index (κ3) is 4.04. The molecule has 0 aliphatic heterocycles. The van der Waals surface area contributed by atoms with Gasteiger partial charge in [-0.25, -0.2) is 8.42 Å². The number of nitro benzene ring substituents is 1. The third-order valence-electron chi connectivity index (χ3n) is 4.36. The number of hydrogen-bond acceptors (Lipinski definition) is 5. The lowest BCUT2D eigenvalue weighted by Crippen LogP contribution is -2.46. The van der Waals surface area contributed by atoms with Gasteiger partial charge in [0.25, 0.3) is 5.69 Å². The van der Waals surface area contributed by atoms with Crippen LogP contribution in [0.4, 0.5) is 5.69 Å². The Morgan fingerprint density at radius 2 is 1.82 bits per heavy atom. The van der Waals surface area contributed by atoms with Crippen LogP contribution in [0.5, 0.6) is 0 Å². The van der Waals surface area contributed by atoms with Crippen molar-refractivity contribution < 1.29 is 13.3 Å². The second-order valence-electron chi connectivity index (χ2n) is 6.06. The highest BCUT2D eigenvalue weighted by Crippen LogP contribution is 2.28. The van der Waals surface area contributed by atoms with E-state index in [2.05, 4.69) is 4.90 Å². The fourth-order valence-electron chi connectivity index (χ4n) is 3.21. The number of nitro groups is 1. The lowest BCUT2D eigenvalue weighted by Gasteiger charge is -2.37. The van der Waals surface area contributed by atoms with Crippen molar-refractivity contribution in [2.24, 2.45) is 0 Å². The Bertz CT molecular complexity index is 627. The van der Waals surface area contributed by atoms with Crippen molar-refractivity contribution in [1.29, 1.82) is 0 Å². The number of sulfone groups is 1. The molecule has 0 radical (unpaired) electrons. The summed E-state index contributed by atoms with van der Waals surface area (Å²) in [6, 6.07) is 6.44. The SMILES string of the molecule is CN(Cc1ccc([N+](=O)[O-])cc1)C1CCCCC1S(C)(=O)=O. The maximum absolute atomic E-state index is 12.0. The van der Waals surface area contributed by atoms with Crippen LogP contribution >= 0.6 is 0 Å². The van der Waals surface area contributed by atoms with Gasteiger partial charge >= 0.3 is 0 Å². The van der Waals surface area contributed by atoms with Crippen molar-refractivity contribution >= 4 is 15.5 Å². The average Bonchev–Trinajstić information content (AvgIpc) is 2.47. The fraction of sp³-hybridized carbons (Fsp3) is 0.600. The van der Waals surface area contributed by atoms with Crippen molar-refractivity contribution in [3.63, 3.8) is 0 Å². The summed E-state index contributed by atoms with van der Waals surface area (Å²) in [7, 11) is -1.14. The minimum atomic E-state index is -3.06. The summed E-state index contributed by atoms with van der Waals surface area (Å²) in [5.74, 6) is 0. The summed E-state index contributed by atoms with van der Waals surface area (Å²) in [5.41, 5.74) is 1.02. The molecule has 0 aromatic heterocycles. The molecule has 0 N–H and O–H groups in total. The Labute approximate surface area is 131 Å². The average molecular weight is 326 g/mol. The van der Waals surface area contributed by atoms with Gasteiger partial charge in [0, 0.05) is 31.0 Å². The summed E-state index contributed by atoms with van der Waals surface area (Å²) in [6.07, 6.45) is 4.91. The predicted molar refractivity (Wildman–Crippen MR) is 85.5 cm³/mol. The Morgan fingerprint density at radius 1 is 1.23 bits per heavy atom. The molecule has 7 heteroatoms. The largest absolute Gasteiger partial charge is 0.298 e. The van der Waals surface area contributed by atoms with E-state index in [1.165, 1.54) is 18.4 Å². The molecule has 6 nitrogen and oxygen atoms in total. The maximum atomic E-state index is 12.0. The summed E-state index contributed by atoms with van der Waals surface area (Å²) in [4.78, 5) is 12.3. The maximum Gasteiger partial charge on any atom is 0.269 e. The van der Waals surface area contributed by atoms with Crippen LogP contribution in [0.1, 0.15) is 31.2 Å². The molecule has 122 valence electrons. The van der Waals surface area contributed by atoms with Crippen molar-refractivity contribution in [3.05, 3.63) is 39.9 Å². The van der Waals surface area contributed by atoms with Gasteiger partial charge in [0.2, 0.25) is 0 Å². The minimum Gasteiger partial charge on any atom is -0.298 e. The first-order valence-corrected chi connectivity index (χ1v) is 9.37. The number of benzene rings is 1. The van der Waals surface area contributed by atoms with E-state index in [0.717, 1.165) is 24.8 Å². The van der Waals surface area contributed by atoms with E-state index in [1.54, 1.807) is 12.1 Å². The van der Waals surface area contributed by atoms with Crippen molar-refractivity contribution in [2.75, 3.05) is 13.3 Å². The molecule has 1 aliphatic carbocycles. The Balaban J connectivity index is 2.09. The van der Waals surface area contributed by atoms with Crippen LogP contribution in [0.3, 0.4) is 0 Å². The van der Waals surface area contributed by atoms with Crippen LogP contribution in [-0.4, -0.2) is 42.8 Å². The lowest BCUT2D eigenvalue weighted by molar-refractivity contribution is -0.384. The summed E-state index contributed by atoms with van der Waals surface area (Å²) in [6.45, 7) is 0.592. The molecule has 22 heavy (non-hydrogen) atoms. The number of nitrogens with zero attached hydrogens (tertiary/aromatic N) is 2. The molecule has 1 saturated carbocycles. The van der Waals surface area contributed by atoms with Crippen molar-refractivity contribution in [2.45, 2.75) is 43.5 Å². The van der Waals surface area contributed by atoms with Gasteiger partial charge in [-0.15, -0.1) is 0 Å². The van der Waals surface area contributed by atoms with Gasteiger partial charge in [0.05, 0.1) is 10.2 Å². The second-order valence-corrected chi connectivity index (χ2v) is 8.32. The molecule has 0 saturated heterocycles. The Hall–Kier alpha value is -1.47. The number of rotatable bonds is 5. The second kappa shape index (κ2) is 6.75. The monoisotopic (exact) mass is 326 g/mol. The first-order chi connectivity index (χ1) is 10.3. The first kappa shape index (κ1) is 16.9. The van der Waals surface area contributed by atoms with Gasteiger partial charge in [0.1, 0.15) is 0 Å². The van der Waals surface area contributed by atoms with Crippen LogP contribution in [0.15, 0.2) is 24.3 Å². The highest BCUT2D eigenvalue weighted by molar-refractivity contribution is 7.91. The minimum absolute atomic E-state index is 0.0129. The molecule has 0 spiro atoms. The molecule has 1 aromatic rings. The highest BCUT2D eigenvalue weighted by atomic mass is 32.2. The van der Waals surface area contributed by atoms with Crippen LogP contribution in [0.2, 0.25) is 0 Å². The van der Waals surface area contributed by atoms with Gasteiger partial charge in [-0.2, -0.15) is 0 Å². The van der Waals surface area contributed by atoms with Crippen molar-refractivity contribution in [3.8, 4) is 0 Å². The topological polar surface area (TPSA) is 80.5 Å². The van der Waals surface area contributed by atoms with E-state index in [1.807, 2.05) is 7.05 Å². The van der Waals surface area contributed by atoms with E-state index in [0.29, 0.717) is 13.0 Å². The molecule has 2 atom stereocenters. The lowest BCUT2D eigenvalue weighted by atomic mass is 9.93. The molecular weight excluding hydrogens is 304 g/mol. The molecule has 1 aliphatic rings. The van der Waals surface area contributed by atoms with Crippen LogP contribution in [-0.2, 0) is 16.4 Å². The molecule has 2 rings (SSSR count). The zero-order valence-corrected chi connectivity index (χ0v) is 13.8.